The van der Waals surface area contributed by atoms with E-state index >= 15 is 0 Å². The number of fused-ring (bicyclic) bond motifs is 1. The number of nitrogen functional groups attached to an aromatic ring is 2. The van der Waals surface area contributed by atoms with Crippen molar-refractivity contribution in [1.82, 2.24) is 19.5 Å². The Bertz CT molecular complexity index is 780. The molecule has 0 aliphatic carbocycles. The first kappa shape index (κ1) is 14.1. The van der Waals surface area contributed by atoms with Crippen molar-refractivity contribution in [3.8, 4) is 0 Å². The van der Waals surface area contributed by atoms with Gasteiger partial charge in [-0.25, -0.2) is 10.8 Å². The molecule has 6 N–H and O–H groups in total. The molecule has 3 aromatic rings. The summed E-state index contributed by atoms with van der Waals surface area (Å²) < 4.78 is 1.85. The van der Waals surface area contributed by atoms with E-state index in [2.05, 4.69) is 25.7 Å². The smallest absolute Gasteiger partial charge is 0.227 e. The maximum absolute atomic E-state index is 5.98. The first-order chi connectivity index (χ1) is 10.7. The Morgan fingerprint density at radius 3 is 2.59 bits per heavy atom. The largest absolute Gasteiger partial charge is 0.382 e. The van der Waals surface area contributed by atoms with Crippen LogP contribution in [0.2, 0.25) is 0 Å². The van der Waals surface area contributed by atoms with Gasteiger partial charge < -0.3 is 11.1 Å². The first-order valence-corrected chi connectivity index (χ1v) is 7.01. The van der Waals surface area contributed by atoms with Gasteiger partial charge in [0.1, 0.15) is 0 Å². The van der Waals surface area contributed by atoms with Gasteiger partial charge in [0, 0.05) is 13.1 Å². The molecule has 8 heteroatoms. The van der Waals surface area contributed by atoms with Crippen LogP contribution in [0.25, 0.3) is 11.2 Å². The maximum atomic E-state index is 5.98. The van der Waals surface area contributed by atoms with E-state index in [1.165, 1.54) is 0 Å². The van der Waals surface area contributed by atoms with Gasteiger partial charge in [0.05, 0.1) is 0 Å². The quantitative estimate of drug-likeness (QED) is 0.414. The minimum atomic E-state index is 0.323. The van der Waals surface area contributed by atoms with Crippen molar-refractivity contribution in [2.24, 2.45) is 5.84 Å². The van der Waals surface area contributed by atoms with E-state index in [1.807, 2.05) is 41.8 Å². The summed E-state index contributed by atoms with van der Waals surface area (Å²) in [6.07, 6.45) is 0. The van der Waals surface area contributed by atoms with Gasteiger partial charge in [-0.3, -0.25) is 9.99 Å². The van der Waals surface area contributed by atoms with Crippen molar-refractivity contribution in [3.05, 3.63) is 35.9 Å². The van der Waals surface area contributed by atoms with Gasteiger partial charge in [-0.15, -0.1) is 0 Å². The average molecular weight is 298 g/mol. The highest BCUT2D eigenvalue weighted by molar-refractivity contribution is 5.85. The predicted octanol–water partition coefficient (Wildman–Crippen LogP) is 1.33. The molecule has 2 heterocycles. The number of nitrogens with two attached hydrogens (primary N) is 2. The average Bonchev–Trinajstić information content (AvgIpc) is 2.92. The third-order valence-corrected chi connectivity index (χ3v) is 3.36. The van der Waals surface area contributed by atoms with Crippen molar-refractivity contribution in [3.63, 3.8) is 0 Å². The molecule has 0 spiro atoms. The number of nitrogens with zero attached hydrogens (tertiary/aromatic N) is 4. The standard InChI is InChI=1S/C14H18N8/c1-2-22-12-10(18-14(22)21-16)11(15)19-13(20-12)17-8-9-6-4-3-5-7-9/h3-7H,2,8,16H2,1H3,(H,18,21)(H3,15,17,19,20). The van der Waals surface area contributed by atoms with E-state index in [0.717, 1.165) is 5.56 Å². The van der Waals surface area contributed by atoms with Gasteiger partial charge in [-0.05, 0) is 12.5 Å². The van der Waals surface area contributed by atoms with Gasteiger partial charge >= 0.3 is 0 Å². The summed E-state index contributed by atoms with van der Waals surface area (Å²) in [5.41, 5.74) is 10.9. The molecule has 0 amide bonds. The monoisotopic (exact) mass is 298 g/mol. The van der Waals surface area contributed by atoms with Crippen molar-refractivity contribution < 1.29 is 0 Å². The van der Waals surface area contributed by atoms with E-state index in [-0.39, 0.29) is 0 Å². The van der Waals surface area contributed by atoms with Crippen molar-refractivity contribution >= 4 is 28.9 Å². The molecule has 0 saturated heterocycles. The van der Waals surface area contributed by atoms with Crippen LogP contribution in [0.15, 0.2) is 30.3 Å². The second kappa shape index (κ2) is 5.86. The highest BCUT2D eigenvalue weighted by Gasteiger charge is 2.15. The topological polar surface area (TPSA) is 120 Å². The Balaban J connectivity index is 1.94. The van der Waals surface area contributed by atoms with Crippen LogP contribution in [-0.4, -0.2) is 19.5 Å². The lowest BCUT2D eigenvalue weighted by Gasteiger charge is -2.07. The molecule has 22 heavy (non-hydrogen) atoms. The third kappa shape index (κ3) is 2.51. The number of imidazole rings is 1. The van der Waals surface area contributed by atoms with E-state index in [9.17, 15) is 0 Å². The Kier molecular flexibility index (Phi) is 3.75. The molecule has 3 rings (SSSR count). The van der Waals surface area contributed by atoms with Gasteiger partial charge in [0.15, 0.2) is 17.0 Å². The number of hydrogen-bond donors (Lipinski definition) is 4. The van der Waals surface area contributed by atoms with Crippen LogP contribution in [0, 0.1) is 0 Å². The van der Waals surface area contributed by atoms with Crippen molar-refractivity contribution in [2.45, 2.75) is 20.0 Å². The van der Waals surface area contributed by atoms with E-state index in [0.29, 0.717) is 42.0 Å². The lowest BCUT2D eigenvalue weighted by Crippen LogP contribution is -2.13. The third-order valence-electron chi connectivity index (χ3n) is 3.36. The van der Waals surface area contributed by atoms with Gasteiger partial charge in [0.25, 0.3) is 0 Å². The molecule has 2 aromatic heterocycles. The van der Waals surface area contributed by atoms with Crippen molar-refractivity contribution in [2.75, 3.05) is 16.5 Å². The van der Waals surface area contributed by atoms with Crippen LogP contribution < -0.4 is 22.3 Å². The number of aryl methyl sites for hydroxylation is 1. The van der Waals surface area contributed by atoms with Gasteiger partial charge in [-0.2, -0.15) is 9.97 Å². The first-order valence-electron chi connectivity index (χ1n) is 7.01. The predicted molar refractivity (Wildman–Crippen MR) is 87.0 cm³/mol. The maximum Gasteiger partial charge on any atom is 0.227 e. The minimum absolute atomic E-state index is 0.323. The fraction of sp³-hybridized carbons (Fsp3) is 0.214. The number of nitrogens with one attached hydrogen (secondary N) is 2. The molecule has 0 aliphatic rings. The fourth-order valence-electron chi connectivity index (χ4n) is 2.29. The lowest BCUT2D eigenvalue weighted by molar-refractivity contribution is 0.781. The SMILES string of the molecule is CCn1c(NN)nc2c(N)nc(NCc3ccccc3)nc21. The minimum Gasteiger partial charge on any atom is -0.382 e. The number of hydrogen-bond acceptors (Lipinski definition) is 7. The van der Waals surface area contributed by atoms with Crippen LogP contribution in [0.3, 0.4) is 0 Å². The molecule has 0 atom stereocenters. The molecule has 0 aliphatic heterocycles. The molecule has 8 nitrogen and oxygen atoms in total. The summed E-state index contributed by atoms with van der Waals surface area (Å²) >= 11 is 0. The van der Waals surface area contributed by atoms with E-state index in [1.54, 1.807) is 0 Å². The second-order valence-electron chi connectivity index (χ2n) is 4.77. The molecule has 114 valence electrons. The fourth-order valence-corrected chi connectivity index (χ4v) is 2.29. The normalized spacial score (nSPS) is 10.8. The van der Waals surface area contributed by atoms with Crippen molar-refractivity contribution in [1.29, 1.82) is 0 Å². The summed E-state index contributed by atoms with van der Waals surface area (Å²) in [7, 11) is 0. The second-order valence-corrected chi connectivity index (χ2v) is 4.77. The zero-order valence-electron chi connectivity index (χ0n) is 12.2. The number of benzene rings is 1. The Labute approximate surface area is 127 Å². The highest BCUT2D eigenvalue weighted by atomic mass is 15.4. The number of anilines is 3. The lowest BCUT2D eigenvalue weighted by atomic mass is 10.2. The van der Waals surface area contributed by atoms with Gasteiger partial charge in [0.2, 0.25) is 11.9 Å². The molecule has 0 fully saturated rings. The highest BCUT2D eigenvalue weighted by Crippen LogP contribution is 2.23. The molecular formula is C14H18N8. The molecule has 0 bridgehead atoms. The molecule has 0 unspecified atom stereocenters. The molecular weight excluding hydrogens is 280 g/mol. The van der Waals surface area contributed by atoms with Crippen LogP contribution in [-0.2, 0) is 13.1 Å². The number of rotatable bonds is 5. The van der Waals surface area contributed by atoms with Gasteiger partial charge in [-0.1, -0.05) is 30.3 Å². The summed E-state index contributed by atoms with van der Waals surface area (Å²) in [5.74, 6) is 6.78. The summed E-state index contributed by atoms with van der Waals surface area (Å²) in [6.45, 7) is 3.27. The Morgan fingerprint density at radius 2 is 1.91 bits per heavy atom. The molecule has 0 saturated carbocycles. The van der Waals surface area contributed by atoms with Crippen LogP contribution in [0.4, 0.5) is 17.7 Å². The zero-order chi connectivity index (χ0) is 15.5. The molecule has 1 aromatic carbocycles. The van der Waals surface area contributed by atoms with Crippen LogP contribution in [0.1, 0.15) is 12.5 Å². The number of hydrazine groups is 1. The zero-order valence-corrected chi connectivity index (χ0v) is 12.2. The van der Waals surface area contributed by atoms with Crippen LogP contribution in [0.5, 0.6) is 0 Å². The van der Waals surface area contributed by atoms with Crippen LogP contribution >= 0.6 is 0 Å². The van der Waals surface area contributed by atoms with E-state index < -0.39 is 0 Å². The Morgan fingerprint density at radius 1 is 1.14 bits per heavy atom. The number of aromatic nitrogens is 4. The van der Waals surface area contributed by atoms with E-state index in [4.69, 9.17) is 11.6 Å². The Hall–Kier alpha value is -2.87. The summed E-state index contributed by atoms with van der Waals surface area (Å²) in [6, 6.07) is 10.0. The molecule has 0 radical (unpaired) electrons. The summed E-state index contributed by atoms with van der Waals surface area (Å²) in [5, 5.41) is 3.18. The summed E-state index contributed by atoms with van der Waals surface area (Å²) in [4.78, 5) is 13.1.